The Labute approximate surface area is 91.5 Å². The van der Waals surface area contributed by atoms with Crippen LogP contribution < -0.4 is 5.32 Å². The Balaban J connectivity index is 1.82. The van der Waals surface area contributed by atoms with Gasteiger partial charge in [0.05, 0.1) is 5.69 Å². The summed E-state index contributed by atoms with van der Waals surface area (Å²) in [5, 5.41) is 3.25. The molecule has 0 bridgehead atoms. The number of pyridine rings is 1. The van der Waals surface area contributed by atoms with Crippen LogP contribution in [0.1, 0.15) is 12.1 Å². The van der Waals surface area contributed by atoms with Gasteiger partial charge in [0, 0.05) is 19.3 Å². The summed E-state index contributed by atoms with van der Waals surface area (Å²) in [6, 6.07) is 6.13. The molecule has 0 amide bonds. The van der Waals surface area contributed by atoms with Crippen molar-refractivity contribution in [2.45, 2.75) is 13.0 Å². The highest BCUT2D eigenvalue weighted by atomic mass is 15.2. The molecule has 1 aromatic rings. The molecule has 1 fully saturated rings. The predicted molar refractivity (Wildman–Crippen MR) is 61.5 cm³/mol. The van der Waals surface area contributed by atoms with Crippen LogP contribution in [0, 0.1) is 5.92 Å². The molecule has 1 atom stereocenters. The van der Waals surface area contributed by atoms with Crippen molar-refractivity contribution >= 4 is 0 Å². The van der Waals surface area contributed by atoms with Gasteiger partial charge in [-0.15, -0.1) is 0 Å². The lowest BCUT2D eigenvalue weighted by Crippen LogP contribution is -2.24. The van der Waals surface area contributed by atoms with Gasteiger partial charge in [-0.25, -0.2) is 0 Å². The van der Waals surface area contributed by atoms with Crippen molar-refractivity contribution in [1.82, 2.24) is 15.2 Å². The van der Waals surface area contributed by atoms with Gasteiger partial charge in [0.25, 0.3) is 0 Å². The van der Waals surface area contributed by atoms with E-state index in [0.717, 1.165) is 19.0 Å². The lowest BCUT2D eigenvalue weighted by Gasteiger charge is -2.15. The molecule has 1 unspecified atom stereocenters. The number of likely N-dealkylation sites (tertiary alicyclic amines) is 1. The SMILES string of the molecule is CNCC1CCN(Cc2ccccn2)C1. The van der Waals surface area contributed by atoms with Gasteiger partial charge in [0.1, 0.15) is 0 Å². The molecular weight excluding hydrogens is 186 g/mol. The number of rotatable bonds is 4. The van der Waals surface area contributed by atoms with Crippen LogP contribution in [0.2, 0.25) is 0 Å². The summed E-state index contributed by atoms with van der Waals surface area (Å²) in [4.78, 5) is 6.85. The molecule has 82 valence electrons. The van der Waals surface area contributed by atoms with Crippen LogP contribution in [0.25, 0.3) is 0 Å². The highest BCUT2D eigenvalue weighted by Gasteiger charge is 2.21. The number of nitrogens with one attached hydrogen (secondary N) is 1. The van der Waals surface area contributed by atoms with E-state index in [1.807, 2.05) is 19.3 Å². The smallest absolute Gasteiger partial charge is 0.0543 e. The number of aromatic nitrogens is 1. The first kappa shape index (κ1) is 10.6. The van der Waals surface area contributed by atoms with Crippen LogP contribution in [0.15, 0.2) is 24.4 Å². The van der Waals surface area contributed by atoms with Crippen molar-refractivity contribution in [3.63, 3.8) is 0 Å². The van der Waals surface area contributed by atoms with Gasteiger partial charge in [0.15, 0.2) is 0 Å². The Morgan fingerprint density at radius 3 is 3.20 bits per heavy atom. The first-order chi connectivity index (χ1) is 7.38. The second-order valence-corrected chi connectivity index (χ2v) is 4.27. The molecule has 1 N–H and O–H groups in total. The van der Waals surface area contributed by atoms with Crippen molar-refractivity contribution in [3.8, 4) is 0 Å². The summed E-state index contributed by atoms with van der Waals surface area (Å²) in [6.45, 7) is 4.56. The molecule has 1 saturated heterocycles. The fraction of sp³-hybridized carbons (Fsp3) is 0.583. The Hall–Kier alpha value is -0.930. The monoisotopic (exact) mass is 205 g/mol. The largest absolute Gasteiger partial charge is 0.319 e. The van der Waals surface area contributed by atoms with E-state index in [1.54, 1.807) is 0 Å². The first-order valence-electron chi connectivity index (χ1n) is 5.65. The molecule has 1 aliphatic heterocycles. The molecule has 15 heavy (non-hydrogen) atoms. The second kappa shape index (κ2) is 5.24. The summed E-state index contributed by atoms with van der Waals surface area (Å²) < 4.78 is 0. The quantitative estimate of drug-likeness (QED) is 0.798. The lowest BCUT2D eigenvalue weighted by atomic mass is 10.1. The van der Waals surface area contributed by atoms with Crippen molar-refractivity contribution < 1.29 is 0 Å². The van der Waals surface area contributed by atoms with E-state index in [-0.39, 0.29) is 0 Å². The summed E-state index contributed by atoms with van der Waals surface area (Å²) in [6.07, 6.45) is 3.18. The molecule has 0 aromatic carbocycles. The van der Waals surface area contributed by atoms with E-state index < -0.39 is 0 Å². The zero-order chi connectivity index (χ0) is 10.5. The third-order valence-corrected chi connectivity index (χ3v) is 2.97. The van der Waals surface area contributed by atoms with Gasteiger partial charge in [0.2, 0.25) is 0 Å². The Morgan fingerprint density at radius 2 is 2.47 bits per heavy atom. The van der Waals surface area contributed by atoms with E-state index in [0.29, 0.717) is 0 Å². The highest BCUT2D eigenvalue weighted by Crippen LogP contribution is 2.16. The van der Waals surface area contributed by atoms with E-state index >= 15 is 0 Å². The van der Waals surface area contributed by atoms with Gasteiger partial charge < -0.3 is 5.32 Å². The summed E-state index contributed by atoms with van der Waals surface area (Å²) >= 11 is 0. The zero-order valence-electron chi connectivity index (χ0n) is 9.32. The van der Waals surface area contributed by atoms with Crippen LogP contribution in [-0.4, -0.2) is 36.6 Å². The zero-order valence-corrected chi connectivity index (χ0v) is 9.32. The van der Waals surface area contributed by atoms with Gasteiger partial charge in [-0.3, -0.25) is 9.88 Å². The van der Waals surface area contributed by atoms with Crippen LogP contribution >= 0.6 is 0 Å². The topological polar surface area (TPSA) is 28.2 Å². The number of hydrogen-bond acceptors (Lipinski definition) is 3. The number of nitrogens with zero attached hydrogens (tertiary/aromatic N) is 2. The first-order valence-corrected chi connectivity index (χ1v) is 5.65. The summed E-state index contributed by atoms with van der Waals surface area (Å²) in [5.41, 5.74) is 1.18. The minimum atomic E-state index is 0.818. The Kier molecular flexibility index (Phi) is 3.69. The fourth-order valence-corrected chi connectivity index (χ4v) is 2.23. The van der Waals surface area contributed by atoms with E-state index in [2.05, 4.69) is 27.3 Å². The molecule has 0 aliphatic carbocycles. The molecule has 0 spiro atoms. The van der Waals surface area contributed by atoms with Crippen molar-refractivity contribution in [2.24, 2.45) is 5.92 Å². The van der Waals surface area contributed by atoms with Crippen molar-refractivity contribution in [2.75, 3.05) is 26.7 Å². The van der Waals surface area contributed by atoms with Crippen LogP contribution in [0.4, 0.5) is 0 Å². The molecule has 0 saturated carbocycles. The maximum Gasteiger partial charge on any atom is 0.0543 e. The van der Waals surface area contributed by atoms with Crippen LogP contribution in [0.5, 0.6) is 0 Å². The van der Waals surface area contributed by atoms with Gasteiger partial charge in [-0.1, -0.05) is 6.07 Å². The van der Waals surface area contributed by atoms with Crippen LogP contribution in [0.3, 0.4) is 0 Å². The molecule has 0 radical (unpaired) electrons. The fourth-order valence-electron chi connectivity index (χ4n) is 2.23. The lowest BCUT2D eigenvalue weighted by molar-refractivity contribution is 0.312. The Morgan fingerprint density at radius 1 is 1.53 bits per heavy atom. The molecule has 3 nitrogen and oxygen atoms in total. The maximum atomic E-state index is 4.36. The minimum absolute atomic E-state index is 0.818. The average molecular weight is 205 g/mol. The van der Waals surface area contributed by atoms with Gasteiger partial charge >= 0.3 is 0 Å². The molecule has 1 aromatic heterocycles. The van der Waals surface area contributed by atoms with E-state index in [4.69, 9.17) is 0 Å². The standard InChI is InChI=1S/C12H19N3/c1-13-8-11-5-7-15(9-11)10-12-4-2-3-6-14-12/h2-4,6,11,13H,5,7-10H2,1H3. The molecule has 2 heterocycles. The second-order valence-electron chi connectivity index (χ2n) is 4.27. The normalized spacial score (nSPS) is 22.1. The Bertz CT molecular complexity index is 286. The summed E-state index contributed by atoms with van der Waals surface area (Å²) in [7, 11) is 2.03. The third kappa shape index (κ3) is 3.01. The molecule has 1 aliphatic rings. The van der Waals surface area contributed by atoms with Gasteiger partial charge in [-0.2, -0.15) is 0 Å². The maximum absolute atomic E-state index is 4.36. The van der Waals surface area contributed by atoms with Crippen molar-refractivity contribution in [3.05, 3.63) is 30.1 Å². The number of hydrogen-bond donors (Lipinski definition) is 1. The molecule has 3 heteroatoms. The predicted octanol–water partition coefficient (Wildman–Crippen LogP) is 1.12. The van der Waals surface area contributed by atoms with Gasteiger partial charge in [-0.05, 0) is 44.6 Å². The molecule has 2 rings (SSSR count). The van der Waals surface area contributed by atoms with E-state index in [1.165, 1.54) is 25.2 Å². The molecular formula is C12H19N3. The average Bonchev–Trinajstić information content (AvgIpc) is 2.68. The van der Waals surface area contributed by atoms with E-state index in [9.17, 15) is 0 Å². The minimum Gasteiger partial charge on any atom is -0.319 e. The van der Waals surface area contributed by atoms with Crippen molar-refractivity contribution in [1.29, 1.82) is 0 Å². The summed E-state index contributed by atoms with van der Waals surface area (Å²) in [5.74, 6) is 0.818. The van der Waals surface area contributed by atoms with Crippen LogP contribution in [-0.2, 0) is 6.54 Å². The third-order valence-electron chi connectivity index (χ3n) is 2.97. The highest BCUT2D eigenvalue weighted by molar-refractivity contribution is 5.03.